The van der Waals surface area contributed by atoms with Gasteiger partial charge in [-0.15, -0.1) is 65.9 Å². The minimum atomic E-state index is 0. The van der Waals surface area contributed by atoms with Crippen molar-refractivity contribution >= 4 is 64.2 Å². The molecule has 0 heterocycles. The molecule has 0 spiro atoms. The van der Waals surface area contributed by atoms with E-state index in [4.69, 9.17) is 0 Å². The summed E-state index contributed by atoms with van der Waals surface area (Å²) in [7, 11) is 0. The Hall–Kier alpha value is 1.73. The minimum absolute atomic E-state index is 0. The first-order valence-electron chi connectivity index (χ1n) is 1.22. The van der Waals surface area contributed by atoms with Gasteiger partial charge in [-0.3, -0.25) is 0 Å². The Morgan fingerprint density at radius 2 is 1.67 bits per heavy atom. The Morgan fingerprint density at radius 3 is 1.67 bits per heavy atom. The molecule has 0 aromatic carbocycles. The number of halogens is 2. The first kappa shape index (κ1) is 15.6. The maximum atomic E-state index is 3.46. The van der Waals surface area contributed by atoms with E-state index in [0.717, 1.165) is 5.28 Å². The maximum Gasteiger partial charge on any atom is 0.124 e. The van der Waals surface area contributed by atoms with Crippen LogP contribution in [0.25, 0.3) is 0 Å². The fourth-order valence-corrected chi connectivity index (χ4v) is 0. The van der Waals surface area contributed by atoms with Crippen LogP contribution in [0, 0.1) is 0 Å². The van der Waals surface area contributed by atoms with Gasteiger partial charge in [-0.1, -0.05) is 0 Å². The lowest BCUT2D eigenvalue weighted by atomic mass is 10.8. The van der Waals surface area contributed by atoms with E-state index in [1.807, 2.05) is 6.08 Å². The summed E-state index contributed by atoms with van der Waals surface area (Å²) in [5, 5.41) is 1.00. The molecule has 36 valence electrons. The summed E-state index contributed by atoms with van der Waals surface area (Å²) in [5.41, 5.74) is 0. The van der Waals surface area contributed by atoms with Crippen LogP contribution in [0.3, 0.4) is 0 Å². The Balaban J connectivity index is -0.0000000450. The van der Waals surface area contributed by atoms with E-state index in [0.29, 0.717) is 0 Å². The molecule has 0 aromatic rings. The Kier molecular flexibility index (Phi) is 41.4. The standard InChI is InChI=1S/C3H5.Al.2HI/c1-3-2;;;/h3H,1-2H2;;2*1H. The van der Waals surface area contributed by atoms with Gasteiger partial charge in [0, 0.05) is 0 Å². The van der Waals surface area contributed by atoms with Crippen molar-refractivity contribution in [3.05, 3.63) is 12.7 Å². The van der Waals surface area contributed by atoms with Gasteiger partial charge in [0.2, 0.25) is 0 Å². The molecule has 0 aliphatic carbocycles. The molecule has 0 rings (SSSR count). The average Bonchev–Trinajstić information content (AvgIpc) is 1.37. The lowest BCUT2D eigenvalue weighted by Crippen LogP contribution is -1.47. The highest BCUT2D eigenvalue weighted by Gasteiger charge is 1.46. The first-order chi connectivity index (χ1) is 1.91. The lowest BCUT2D eigenvalue weighted by molar-refractivity contribution is 1.76. The van der Waals surface area contributed by atoms with Gasteiger partial charge >= 0.3 is 0 Å². The van der Waals surface area contributed by atoms with Gasteiger partial charge in [0.05, 0.1) is 0 Å². The molecule has 0 unspecified atom stereocenters. The van der Waals surface area contributed by atoms with Gasteiger partial charge in [0.15, 0.2) is 0 Å². The third-order valence-corrected chi connectivity index (χ3v) is 0.500. The van der Waals surface area contributed by atoms with Gasteiger partial charge in [-0.25, -0.2) is 0 Å². The summed E-state index contributed by atoms with van der Waals surface area (Å²) in [6, 6.07) is 0. The Morgan fingerprint density at radius 1 is 1.50 bits per heavy atom. The van der Waals surface area contributed by atoms with E-state index < -0.39 is 0 Å². The minimum Gasteiger partial charge on any atom is -0.107 e. The molecule has 0 aromatic heterocycles. The number of hydrogen-bond donors (Lipinski definition) is 0. The fraction of sp³-hybridized carbons (Fsp3) is 0.333. The lowest BCUT2D eigenvalue weighted by Gasteiger charge is -1.58. The molecule has 6 heavy (non-hydrogen) atoms. The van der Waals surface area contributed by atoms with Crippen molar-refractivity contribution < 1.29 is 0 Å². The summed E-state index contributed by atoms with van der Waals surface area (Å²) >= 11 is 2.54. The van der Waals surface area contributed by atoms with Crippen molar-refractivity contribution in [1.82, 2.24) is 0 Å². The second-order valence-electron chi connectivity index (χ2n) is 0.524. The SMILES string of the molecule is C=C[CH2][Al].I.I. The smallest absolute Gasteiger partial charge is 0.107 e. The van der Waals surface area contributed by atoms with Crippen molar-refractivity contribution in [3.8, 4) is 0 Å². The third-order valence-electron chi connectivity index (χ3n) is 0.167. The zero-order valence-corrected chi connectivity index (χ0v) is 9.20. The van der Waals surface area contributed by atoms with Crippen LogP contribution >= 0.6 is 48.0 Å². The van der Waals surface area contributed by atoms with Crippen molar-refractivity contribution in [2.45, 2.75) is 5.28 Å². The first-order valence-corrected chi connectivity index (χ1v) is 2.04. The molecule has 0 N–H and O–H groups in total. The maximum absolute atomic E-state index is 3.46. The second-order valence-corrected chi connectivity index (χ2v) is 0.996. The largest absolute Gasteiger partial charge is 0.124 e. The topological polar surface area (TPSA) is 0 Å². The molecule has 0 atom stereocenters. The summed E-state index contributed by atoms with van der Waals surface area (Å²) in [5.74, 6) is 0. The normalized spacial score (nSPS) is 4.00. The van der Waals surface area contributed by atoms with Crippen LogP contribution in [0.4, 0.5) is 0 Å². The van der Waals surface area contributed by atoms with Crippen LogP contribution in [-0.2, 0) is 0 Å². The summed E-state index contributed by atoms with van der Waals surface area (Å²) < 4.78 is 0. The molecule has 0 amide bonds. The van der Waals surface area contributed by atoms with Crippen LogP contribution in [-0.4, -0.2) is 16.3 Å². The summed E-state index contributed by atoms with van der Waals surface area (Å²) in [6.07, 6.45) is 1.84. The molecule has 0 bridgehead atoms. The van der Waals surface area contributed by atoms with E-state index in [2.05, 4.69) is 22.9 Å². The van der Waals surface area contributed by atoms with Crippen molar-refractivity contribution in [1.29, 1.82) is 0 Å². The zero-order valence-electron chi connectivity index (χ0n) is 3.39. The Labute approximate surface area is 81.2 Å². The summed E-state index contributed by atoms with van der Waals surface area (Å²) in [4.78, 5) is 0. The number of allylic oxidation sites excluding steroid dienone is 1. The molecule has 2 radical (unpaired) electrons. The highest BCUT2D eigenvalue weighted by Crippen LogP contribution is 1.61. The second kappa shape index (κ2) is 15.9. The number of hydrogen-bond acceptors (Lipinski definition) is 0. The third kappa shape index (κ3) is 17.2. The monoisotopic (exact) mass is 324 g/mol. The number of rotatable bonds is 1. The van der Waals surface area contributed by atoms with Gasteiger partial charge in [-0.05, 0) is 0 Å². The van der Waals surface area contributed by atoms with Crippen molar-refractivity contribution in [2.75, 3.05) is 0 Å². The highest BCUT2D eigenvalue weighted by atomic mass is 127. The van der Waals surface area contributed by atoms with Crippen LogP contribution in [0.1, 0.15) is 0 Å². The molecule has 0 aliphatic rings. The van der Waals surface area contributed by atoms with E-state index in [1.54, 1.807) is 0 Å². The van der Waals surface area contributed by atoms with E-state index >= 15 is 0 Å². The molecular weight excluding hydrogens is 317 g/mol. The van der Waals surface area contributed by atoms with E-state index in [9.17, 15) is 0 Å². The summed E-state index contributed by atoms with van der Waals surface area (Å²) in [6.45, 7) is 3.46. The van der Waals surface area contributed by atoms with Gasteiger partial charge < -0.3 is 0 Å². The molecule has 0 saturated carbocycles. The van der Waals surface area contributed by atoms with Crippen LogP contribution < -0.4 is 0 Å². The van der Waals surface area contributed by atoms with Crippen LogP contribution in [0.2, 0.25) is 5.28 Å². The van der Waals surface area contributed by atoms with Gasteiger partial charge in [0.25, 0.3) is 0 Å². The fourth-order valence-electron chi connectivity index (χ4n) is 0. The highest BCUT2D eigenvalue weighted by molar-refractivity contribution is 14.0. The molecular formula is C3H7AlI2. The molecule has 0 aliphatic heterocycles. The van der Waals surface area contributed by atoms with E-state index in [-0.39, 0.29) is 48.0 Å². The van der Waals surface area contributed by atoms with Crippen molar-refractivity contribution in [2.24, 2.45) is 0 Å². The Bertz CT molecular complexity index is 22.8. The molecule has 0 fully saturated rings. The van der Waals surface area contributed by atoms with Gasteiger partial charge in [-0.2, -0.15) is 0 Å². The molecule has 0 nitrogen and oxygen atoms in total. The van der Waals surface area contributed by atoms with E-state index in [1.165, 1.54) is 0 Å². The molecule has 3 heteroatoms. The average molecular weight is 324 g/mol. The predicted molar refractivity (Wildman–Crippen MR) is 51.6 cm³/mol. The quantitative estimate of drug-likeness (QED) is 0.393. The van der Waals surface area contributed by atoms with Crippen LogP contribution in [0.5, 0.6) is 0 Å². The van der Waals surface area contributed by atoms with Crippen molar-refractivity contribution in [3.63, 3.8) is 0 Å². The molecule has 0 saturated heterocycles. The predicted octanol–water partition coefficient (Wildman–Crippen LogP) is 2.00. The van der Waals surface area contributed by atoms with Gasteiger partial charge in [0.1, 0.15) is 16.3 Å². The van der Waals surface area contributed by atoms with Crippen LogP contribution in [0.15, 0.2) is 12.7 Å². The zero-order chi connectivity index (χ0) is 3.41.